The number of halogens is 1. The summed E-state index contributed by atoms with van der Waals surface area (Å²) in [6, 6.07) is 6.21. The second-order valence-corrected chi connectivity index (χ2v) is 13.1. The van der Waals surface area contributed by atoms with E-state index in [0.29, 0.717) is 29.1 Å². The highest BCUT2D eigenvalue weighted by Crippen LogP contribution is 2.55. The second-order valence-electron chi connectivity index (χ2n) is 12.6. The van der Waals surface area contributed by atoms with Crippen LogP contribution in [0, 0.1) is 23.7 Å². The first-order chi connectivity index (χ1) is 19.7. The highest BCUT2D eigenvalue weighted by Gasteiger charge is 2.72. The lowest BCUT2D eigenvalue weighted by Crippen LogP contribution is -2.58. The summed E-state index contributed by atoms with van der Waals surface area (Å²) in [5.41, 5.74) is -0.588. The molecule has 1 aliphatic carbocycles. The van der Waals surface area contributed by atoms with Gasteiger partial charge in [0.1, 0.15) is 11.6 Å². The lowest BCUT2D eigenvalue weighted by molar-refractivity contribution is -0.141. The average molecular weight is 585 g/mol. The van der Waals surface area contributed by atoms with Gasteiger partial charge in [-0.15, -0.1) is 0 Å². The summed E-state index contributed by atoms with van der Waals surface area (Å²) >= 11 is 6.14. The number of hydrogen-bond donors (Lipinski definition) is 2. The maximum Gasteiger partial charge on any atom is 0.246 e. The van der Waals surface area contributed by atoms with E-state index in [0.717, 1.165) is 51.6 Å². The van der Waals surface area contributed by atoms with Crippen molar-refractivity contribution in [1.29, 1.82) is 0 Å². The largest absolute Gasteiger partial charge is 0.359 e. The van der Waals surface area contributed by atoms with Crippen molar-refractivity contribution >= 4 is 35.0 Å². The molecule has 2 saturated heterocycles. The SMILES string of the molecule is CCCCN(C)CCCN1C(=O)[C@H]2[C@H](C(=O)Nc3cccc(Cl)c3)[C@H]3C=C[C@@]2(O3)[C@@H]1C(=O)N[C@@H]1CCC[C@@H](C)[C@H]1C. The van der Waals surface area contributed by atoms with Crippen LogP contribution in [0.1, 0.15) is 59.3 Å². The van der Waals surface area contributed by atoms with Gasteiger partial charge in [-0.2, -0.15) is 0 Å². The molecule has 1 aromatic carbocycles. The molecule has 1 spiro atoms. The van der Waals surface area contributed by atoms with E-state index < -0.39 is 29.6 Å². The number of carbonyl (C=O) groups is 3. The molecule has 5 rings (SSSR count). The monoisotopic (exact) mass is 584 g/mol. The number of hydrogen-bond acceptors (Lipinski definition) is 5. The summed E-state index contributed by atoms with van der Waals surface area (Å²) < 4.78 is 6.50. The fourth-order valence-corrected chi connectivity index (χ4v) is 7.59. The number of ether oxygens (including phenoxy) is 1. The van der Waals surface area contributed by atoms with E-state index in [4.69, 9.17) is 16.3 Å². The standard InChI is InChI=1S/C32H45ClN4O4/c1-5-6-16-36(4)17-9-18-37-28(30(39)35-24-13-7-10-20(2)21(24)3)32-15-14-25(41-32)26(27(32)31(37)40)29(38)34-23-12-8-11-22(33)19-23/h8,11-12,14-15,19-21,24-28H,5-7,9-10,13,16-18H2,1-4H3,(H,34,38)(H,35,39)/t20-,21-,24-,25-,26-,27-,28+,32+/m1/s1. The smallest absolute Gasteiger partial charge is 0.246 e. The lowest BCUT2D eigenvalue weighted by atomic mass is 9.73. The van der Waals surface area contributed by atoms with Crippen LogP contribution in [0.2, 0.25) is 5.02 Å². The van der Waals surface area contributed by atoms with Crippen molar-refractivity contribution in [2.75, 3.05) is 32.0 Å². The topological polar surface area (TPSA) is 91.0 Å². The number of rotatable bonds is 11. The number of anilines is 1. The molecule has 9 heteroatoms. The maximum absolute atomic E-state index is 14.2. The number of fused-ring (bicyclic) bond motifs is 1. The van der Waals surface area contributed by atoms with Crippen molar-refractivity contribution in [1.82, 2.24) is 15.1 Å². The van der Waals surface area contributed by atoms with Gasteiger partial charge in [-0.3, -0.25) is 14.4 Å². The third kappa shape index (κ3) is 5.80. The Balaban J connectivity index is 1.39. The first kappa shape index (κ1) is 30.1. The van der Waals surface area contributed by atoms with E-state index in [-0.39, 0.29) is 23.8 Å². The van der Waals surface area contributed by atoms with Gasteiger partial charge in [0.2, 0.25) is 17.7 Å². The molecule has 1 aromatic rings. The molecule has 3 fully saturated rings. The number of amides is 3. The molecule has 1 saturated carbocycles. The number of nitrogens with zero attached hydrogens (tertiary/aromatic N) is 2. The van der Waals surface area contributed by atoms with Gasteiger partial charge in [0.25, 0.3) is 0 Å². The molecule has 0 aromatic heterocycles. The highest BCUT2D eigenvalue weighted by molar-refractivity contribution is 6.30. The van der Waals surface area contributed by atoms with Crippen molar-refractivity contribution in [3.05, 3.63) is 41.4 Å². The molecule has 3 amide bonds. The zero-order valence-corrected chi connectivity index (χ0v) is 25.5. The van der Waals surface area contributed by atoms with E-state index in [1.54, 1.807) is 29.2 Å². The molecular weight excluding hydrogens is 540 g/mol. The fraction of sp³-hybridized carbons (Fsp3) is 0.656. The van der Waals surface area contributed by atoms with E-state index in [9.17, 15) is 14.4 Å². The number of benzene rings is 1. The average Bonchev–Trinajstić information content (AvgIpc) is 3.57. The molecule has 4 aliphatic rings. The van der Waals surface area contributed by atoms with Crippen LogP contribution in [0.15, 0.2) is 36.4 Å². The Morgan fingerprint density at radius 2 is 1.95 bits per heavy atom. The maximum atomic E-state index is 14.2. The summed E-state index contributed by atoms with van der Waals surface area (Å²) in [5.74, 6) is -1.25. The Hall–Kier alpha value is -2.42. The quantitative estimate of drug-likeness (QED) is 0.374. The Morgan fingerprint density at radius 3 is 2.71 bits per heavy atom. The third-order valence-corrected chi connectivity index (χ3v) is 10.1. The van der Waals surface area contributed by atoms with Crippen molar-refractivity contribution < 1.29 is 19.1 Å². The minimum absolute atomic E-state index is 0.0586. The Bertz CT molecular complexity index is 1180. The zero-order chi connectivity index (χ0) is 29.3. The van der Waals surface area contributed by atoms with Crippen LogP contribution in [0.5, 0.6) is 0 Å². The minimum Gasteiger partial charge on any atom is -0.359 e. The molecule has 3 aliphatic heterocycles. The van der Waals surface area contributed by atoms with Gasteiger partial charge in [0.15, 0.2) is 0 Å². The van der Waals surface area contributed by atoms with E-state index >= 15 is 0 Å². The van der Waals surface area contributed by atoms with Crippen molar-refractivity contribution in [3.8, 4) is 0 Å². The summed E-state index contributed by atoms with van der Waals surface area (Å²) in [4.78, 5) is 45.9. The molecule has 8 atom stereocenters. The van der Waals surface area contributed by atoms with Gasteiger partial charge in [-0.1, -0.05) is 69.9 Å². The highest BCUT2D eigenvalue weighted by atomic mass is 35.5. The van der Waals surface area contributed by atoms with Gasteiger partial charge in [-0.05, 0) is 69.4 Å². The number of nitrogens with one attached hydrogen (secondary N) is 2. The normalized spacial score (nSPS) is 33.9. The van der Waals surface area contributed by atoms with Gasteiger partial charge in [-0.25, -0.2) is 0 Å². The molecule has 0 unspecified atom stereocenters. The number of unbranched alkanes of at least 4 members (excludes halogenated alkanes) is 1. The molecule has 8 nitrogen and oxygen atoms in total. The van der Waals surface area contributed by atoms with Crippen LogP contribution in [-0.4, -0.2) is 78.0 Å². The van der Waals surface area contributed by atoms with E-state index in [1.807, 2.05) is 12.2 Å². The van der Waals surface area contributed by atoms with E-state index in [2.05, 4.69) is 43.4 Å². The Kier molecular flexibility index (Phi) is 9.12. The molecule has 3 heterocycles. The molecule has 41 heavy (non-hydrogen) atoms. The molecule has 224 valence electrons. The Labute approximate surface area is 249 Å². The fourth-order valence-electron chi connectivity index (χ4n) is 7.40. The molecular formula is C32H45ClN4O4. The van der Waals surface area contributed by atoms with Crippen LogP contribution in [0.25, 0.3) is 0 Å². The van der Waals surface area contributed by atoms with Gasteiger partial charge >= 0.3 is 0 Å². The van der Waals surface area contributed by atoms with Crippen molar-refractivity contribution in [3.63, 3.8) is 0 Å². The van der Waals surface area contributed by atoms with Gasteiger partial charge < -0.3 is 25.2 Å². The summed E-state index contributed by atoms with van der Waals surface area (Å²) in [7, 11) is 2.09. The van der Waals surface area contributed by atoms with Gasteiger partial charge in [0.05, 0.1) is 17.9 Å². The van der Waals surface area contributed by atoms with Crippen LogP contribution in [0.4, 0.5) is 5.69 Å². The summed E-state index contributed by atoms with van der Waals surface area (Å²) in [6.45, 7) is 8.88. The summed E-state index contributed by atoms with van der Waals surface area (Å²) in [5, 5.41) is 6.78. The van der Waals surface area contributed by atoms with E-state index in [1.165, 1.54) is 0 Å². The van der Waals surface area contributed by atoms with Gasteiger partial charge in [0, 0.05) is 23.3 Å². The third-order valence-electron chi connectivity index (χ3n) is 9.88. The van der Waals surface area contributed by atoms with Crippen LogP contribution >= 0.6 is 11.6 Å². The van der Waals surface area contributed by atoms with Crippen LogP contribution in [0.3, 0.4) is 0 Å². The van der Waals surface area contributed by atoms with Crippen molar-refractivity contribution in [2.24, 2.45) is 23.7 Å². The summed E-state index contributed by atoms with van der Waals surface area (Å²) in [6.07, 6.45) is 9.34. The zero-order valence-electron chi connectivity index (χ0n) is 24.8. The minimum atomic E-state index is -1.15. The first-order valence-electron chi connectivity index (χ1n) is 15.4. The molecule has 0 radical (unpaired) electrons. The Morgan fingerprint density at radius 1 is 1.17 bits per heavy atom. The predicted molar refractivity (Wildman–Crippen MR) is 160 cm³/mol. The van der Waals surface area contributed by atoms with Crippen molar-refractivity contribution in [2.45, 2.75) is 83.1 Å². The number of likely N-dealkylation sites (tertiary alicyclic amines) is 1. The van der Waals surface area contributed by atoms with Crippen LogP contribution < -0.4 is 10.6 Å². The predicted octanol–water partition coefficient (Wildman–Crippen LogP) is 4.49. The number of carbonyl (C=O) groups excluding carboxylic acids is 3. The molecule has 2 bridgehead atoms. The lowest BCUT2D eigenvalue weighted by Gasteiger charge is -2.38. The second kappa shape index (κ2) is 12.4. The van der Waals surface area contributed by atoms with Crippen LogP contribution in [-0.2, 0) is 19.1 Å². The first-order valence-corrected chi connectivity index (χ1v) is 15.8. The molecule has 2 N–H and O–H groups in total.